The first-order chi connectivity index (χ1) is 9.85. The Morgan fingerprint density at radius 2 is 2.10 bits per heavy atom. The Morgan fingerprint density at radius 3 is 2.62 bits per heavy atom. The van der Waals surface area contributed by atoms with E-state index in [2.05, 4.69) is 10.1 Å². The summed E-state index contributed by atoms with van der Waals surface area (Å²) in [5.74, 6) is -1.49. The summed E-state index contributed by atoms with van der Waals surface area (Å²) < 4.78 is 9.79. The smallest absolute Gasteiger partial charge is 0.336 e. The average Bonchev–Trinajstić information content (AvgIpc) is 2.45. The zero-order chi connectivity index (χ0) is 16.0. The number of carboxylic acid groups (broad SMARTS) is 1. The number of carbonyl (C=O) groups is 3. The maximum atomic E-state index is 12.1. The van der Waals surface area contributed by atoms with Crippen LogP contribution in [0.15, 0.2) is 0 Å². The van der Waals surface area contributed by atoms with Gasteiger partial charge in [0.2, 0.25) is 0 Å². The molecule has 0 spiro atoms. The quantitative estimate of drug-likeness (QED) is 0.696. The minimum atomic E-state index is -1.07. The number of hydrogen-bond donors (Lipinski definition) is 2. The number of nitrogens with zero attached hydrogens (tertiary/aromatic N) is 1. The Morgan fingerprint density at radius 1 is 1.43 bits per heavy atom. The molecule has 2 amide bonds. The van der Waals surface area contributed by atoms with Gasteiger partial charge in [-0.2, -0.15) is 0 Å². The van der Waals surface area contributed by atoms with E-state index in [-0.39, 0.29) is 19.1 Å². The highest BCUT2D eigenvalue weighted by molar-refractivity contribution is 5.83. The number of amides is 2. The van der Waals surface area contributed by atoms with Crippen molar-refractivity contribution >= 4 is 18.0 Å². The Labute approximate surface area is 123 Å². The van der Waals surface area contributed by atoms with Crippen LogP contribution in [0.4, 0.5) is 4.79 Å². The van der Waals surface area contributed by atoms with Crippen LogP contribution in [-0.4, -0.2) is 66.9 Å². The Balaban J connectivity index is 2.60. The Bertz CT molecular complexity index is 398. The third-order valence-electron chi connectivity index (χ3n) is 3.12. The van der Waals surface area contributed by atoms with Gasteiger partial charge in [-0.05, 0) is 12.3 Å². The van der Waals surface area contributed by atoms with Crippen molar-refractivity contribution in [3.05, 3.63) is 0 Å². The molecule has 1 aliphatic rings. The van der Waals surface area contributed by atoms with E-state index in [1.165, 1.54) is 12.0 Å². The first-order valence-corrected chi connectivity index (χ1v) is 6.82. The molecule has 21 heavy (non-hydrogen) atoms. The van der Waals surface area contributed by atoms with Crippen LogP contribution < -0.4 is 5.32 Å². The number of nitrogens with one attached hydrogen (secondary N) is 1. The minimum Gasteiger partial charge on any atom is -0.480 e. The maximum Gasteiger partial charge on any atom is 0.336 e. The topological polar surface area (TPSA) is 105 Å². The van der Waals surface area contributed by atoms with E-state index in [4.69, 9.17) is 9.84 Å². The Kier molecular flexibility index (Phi) is 6.41. The zero-order valence-corrected chi connectivity index (χ0v) is 12.5. The van der Waals surface area contributed by atoms with Gasteiger partial charge in [-0.1, -0.05) is 13.8 Å². The summed E-state index contributed by atoms with van der Waals surface area (Å²) in [6.45, 7) is 4.31. The highest BCUT2D eigenvalue weighted by Crippen LogP contribution is 2.09. The molecular formula is C13H22N2O6. The number of morpholine rings is 1. The van der Waals surface area contributed by atoms with E-state index < -0.39 is 30.1 Å². The van der Waals surface area contributed by atoms with E-state index in [1.807, 2.05) is 13.8 Å². The van der Waals surface area contributed by atoms with Gasteiger partial charge in [0.05, 0.1) is 20.3 Å². The molecule has 1 unspecified atom stereocenters. The SMILES string of the molecule is COC(=O)C1CN(C(=O)N[C@@H](CC(C)C)C(=O)O)CCO1. The molecule has 2 atom stereocenters. The number of carboxylic acids is 1. The molecule has 1 aliphatic heterocycles. The predicted molar refractivity (Wildman–Crippen MR) is 72.7 cm³/mol. The van der Waals surface area contributed by atoms with Gasteiger partial charge in [0.1, 0.15) is 6.04 Å². The fourth-order valence-corrected chi connectivity index (χ4v) is 2.04. The third-order valence-corrected chi connectivity index (χ3v) is 3.12. The molecule has 1 heterocycles. The van der Waals surface area contributed by atoms with Gasteiger partial charge >= 0.3 is 18.0 Å². The minimum absolute atomic E-state index is 0.0481. The van der Waals surface area contributed by atoms with Crippen LogP contribution in [0.3, 0.4) is 0 Å². The molecule has 0 aromatic heterocycles. The lowest BCUT2D eigenvalue weighted by Crippen LogP contribution is -2.55. The number of carbonyl (C=O) groups excluding carboxylic acids is 2. The number of aliphatic carboxylic acids is 1. The van der Waals surface area contributed by atoms with Crippen molar-refractivity contribution in [1.82, 2.24) is 10.2 Å². The van der Waals surface area contributed by atoms with Crippen molar-refractivity contribution < 1.29 is 29.0 Å². The molecular weight excluding hydrogens is 280 g/mol. The average molecular weight is 302 g/mol. The van der Waals surface area contributed by atoms with Crippen LogP contribution in [0.25, 0.3) is 0 Å². The molecule has 120 valence electrons. The Hall–Kier alpha value is -1.83. The van der Waals surface area contributed by atoms with Crippen molar-refractivity contribution in [1.29, 1.82) is 0 Å². The zero-order valence-electron chi connectivity index (χ0n) is 12.5. The van der Waals surface area contributed by atoms with E-state index in [0.717, 1.165) is 0 Å². The number of hydrogen-bond acceptors (Lipinski definition) is 5. The molecule has 8 nitrogen and oxygen atoms in total. The lowest BCUT2D eigenvalue weighted by Gasteiger charge is -2.32. The van der Waals surface area contributed by atoms with E-state index in [1.54, 1.807) is 0 Å². The lowest BCUT2D eigenvalue weighted by molar-refractivity contribution is -0.158. The highest BCUT2D eigenvalue weighted by Gasteiger charge is 2.31. The van der Waals surface area contributed by atoms with Gasteiger partial charge in [0, 0.05) is 6.54 Å². The number of rotatable bonds is 5. The number of ether oxygens (including phenoxy) is 2. The second-order valence-electron chi connectivity index (χ2n) is 5.30. The summed E-state index contributed by atoms with van der Waals surface area (Å²) in [5.41, 5.74) is 0. The number of urea groups is 1. The fourth-order valence-electron chi connectivity index (χ4n) is 2.04. The van der Waals surface area contributed by atoms with E-state index in [0.29, 0.717) is 13.0 Å². The second kappa shape index (κ2) is 7.82. The van der Waals surface area contributed by atoms with Crippen molar-refractivity contribution in [2.24, 2.45) is 5.92 Å². The largest absolute Gasteiger partial charge is 0.480 e. The monoisotopic (exact) mass is 302 g/mol. The molecule has 8 heteroatoms. The van der Waals surface area contributed by atoms with Crippen LogP contribution in [0, 0.1) is 5.92 Å². The lowest BCUT2D eigenvalue weighted by atomic mass is 10.0. The van der Waals surface area contributed by atoms with Crippen LogP contribution in [0.5, 0.6) is 0 Å². The van der Waals surface area contributed by atoms with Crippen molar-refractivity contribution in [2.45, 2.75) is 32.4 Å². The molecule has 0 bridgehead atoms. The fraction of sp³-hybridized carbons (Fsp3) is 0.769. The van der Waals surface area contributed by atoms with Gasteiger partial charge in [-0.25, -0.2) is 14.4 Å². The first kappa shape index (κ1) is 17.2. The van der Waals surface area contributed by atoms with Gasteiger partial charge < -0.3 is 24.8 Å². The van der Waals surface area contributed by atoms with Crippen LogP contribution >= 0.6 is 0 Å². The summed E-state index contributed by atoms with van der Waals surface area (Å²) in [6, 6.07) is -1.46. The molecule has 0 aliphatic carbocycles. The third kappa shape index (κ3) is 5.22. The van der Waals surface area contributed by atoms with Crippen molar-refractivity contribution in [3.8, 4) is 0 Å². The van der Waals surface area contributed by atoms with Crippen LogP contribution in [0.2, 0.25) is 0 Å². The van der Waals surface area contributed by atoms with Crippen molar-refractivity contribution in [3.63, 3.8) is 0 Å². The molecule has 0 radical (unpaired) electrons. The van der Waals surface area contributed by atoms with Gasteiger partial charge in [0.15, 0.2) is 6.10 Å². The van der Waals surface area contributed by atoms with Crippen LogP contribution in [0.1, 0.15) is 20.3 Å². The molecule has 2 N–H and O–H groups in total. The molecule has 1 rings (SSSR count). The van der Waals surface area contributed by atoms with Crippen LogP contribution in [-0.2, 0) is 19.1 Å². The van der Waals surface area contributed by atoms with Gasteiger partial charge in [-0.3, -0.25) is 0 Å². The molecule has 0 saturated carbocycles. The summed E-state index contributed by atoms with van der Waals surface area (Å²) in [6.07, 6.45) is -0.492. The van der Waals surface area contributed by atoms with E-state index >= 15 is 0 Å². The van der Waals surface area contributed by atoms with Crippen molar-refractivity contribution in [2.75, 3.05) is 26.8 Å². The predicted octanol–water partition coefficient (Wildman–Crippen LogP) is 0.0691. The summed E-state index contributed by atoms with van der Waals surface area (Å²) in [7, 11) is 1.24. The normalized spacial score (nSPS) is 20.0. The molecule has 0 aromatic rings. The maximum absolute atomic E-state index is 12.1. The highest BCUT2D eigenvalue weighted by atomic mass is 16.6. The van der Waals surface area contributed by atoms with E-state index in [9.17, 15) is 14.4 Å². The number of esters is 1. The summed E-state index contributed by atoms with van der Waals surface area (Å²) in [5, 5.41) is 11.6. The summed E-state index contributed by atoms with van der Waals surface area (Å²) in [4.78, 5) is 36.0. The standard InChI is InChI=1S/C13H22N2O6/c1-8(2)6-9(11(16)17)14-13(19)15-4-5-21-10(7-15)12(18)20-3/h8-10H,4-7H2,1-3H3,(H,14,19)(H,16,17)/t9-,10?/m0/s1. The second-order valence-corrected chi connectivity index (χ2v) is 5.30. The molecule has 1 saturated heterocycles. The number of methoxy groups -OCH3 is 1. The molecule has 1 fully saturated rings. The summed E-state index contributed by atoms with van der Waals surface area (Å²) >= 11 is 0. The first-order valence-electron chi connectivity index (χ1n) is 6.82. The molecule has 0 aromatic carbocycles. The van der Waals surface area contributed by atoms with Gasteiger partial charge in [0.25, 0.3) is 0 Å². The van der Waals surface area contributed by atoms with Gasteiger partial charge in [-0.15, -0.1) is 0 Å².